The quantitative estimate of drug-likeness (QED) is 0.332. The van der Waals surface area contributed by atoms with Gasteiger partial charge in [-0.25, -0.2) is 0 Å². The van der Waals surface area contributed by atoms with Crippen molar-refractivity contribution >= 4 is 5.78 Å². The van der Waals surface area contributed by atoms with E-state index in [-0.39, 0.29) is 18.8 Å². The summed E-state index contributed by atoms with van der Waals surface area (Å²) in [6.45, 7) is 5.23. The molecule has 3 heteroatoms. The van der Waals surface area contributed by atoms with Crippen LogP contribution >= 0.6 is 0 Å². The van der Waals surface area contributed by atoms with Crippen LogP contribution in [-0.4, -0.2) is 12.4 Å². The maximum atomic E-state index is 10.7. The van der Waals surface area contributed by atoms with Crippen LogP contribution in [0.3, 0.4) is 0 Å². The number of Topliss-reactive ketones (excluding diaryl/α,β-unsaturated/α-hetero) is 1. The minimum absolute atomic E-state index is 0.0600. The minimum atomic E-state index is -0.0600. The highest BCUT2D eigenvalue weighted by Gasteiger charge is 2.00. The number of rotatable bonds is 4. The smallest absolute Gasteiger partial charge is 0.286 e. The second-order valence-corrected chi connectivity index (χ2v) is 1.89. The molecule has 0 fully saturated rings. The minimum Gasteiger partial charge on any atom is -0.427 e. The van der Waals surface area contributed by atoms with Crippen molar-refractivity contribution in [1.82, 2.24) is 0 Å². The first-order valence-electron chi connectivity index (χ1n) is 2.88. The van der Waals surface area contributed by atoms with Gasteiger partial charge in [-0.1, -0.05) is 6.58 Å². The summed E-state index contributed by atoms with van der Waals surface area (Å²) >= 11 is 0. The second-order valence-electron chi connectivity index (χ2n) is 1.89. The predicted octanol–water partition coefficient (Wildman–Crippen LogP) is 1.02. The van der Waals surface area contributed by atoms with Crippen LogP contribution < -0.4 is 0 Å². The molecular formula is C7H9NO2. The number of nitrogens with zero attached hydrogens (tertiary/aromatic N) is 1. The molecule has 10 heavy (non-hydrogen) atoms. The molecule has 0 amide bonds. The zero-order chi connectivity index (χ0) is 7.98. The Balaban J connectivity index is 3.43. The molecule has 0 rings (SSSR count). The Morgan fingerprint density at radius 2 is 2.40 bits per heavy atom. The molecule has 0 atom stereocenters. The summed E-state index contributed by atoms with van der Waals surface area (Å²) < 4.78 is 4.30. The number of carbonyl (C=O) groups is 1. The van der Waals surface area contributed by atoms with Gasteiger partial charge in [-0.05, 0) is 12.5 Å². The SMILES string of the molecule is C=C(C)C(=O)CCOC#N. The van der Waals surface area contributed by atoms with Crippen LogP contribution in [0.1, 0.15) is 13.3 Å². The number of allylic oxidation sites excluding steroid dienone is 1. The third-order valence-electron chi connectivity index (χ3n) is 0.972. The molecular weight excluding hydrogens is 130 g/mol. The molecule has 0 aliphatic heterocycles. The van der Waals surface area contributed by atoms with Crippen molar-refractivity contribution in [3.05, 3.63) is 12.2 Å². The molecule has 0 radical (unpaired) electrons. The fraction of sp³-hybridized carbons (Fsp3) is 0.429. The molecule has 0 saturated heterocycles. The fourth-order valence-electron chi connectivity index (χ4n) is 0.403. The van der Waals surface area contributed by atoms with E-state index in [0.29, 0.717) is 5.57 Å². The first kappa shape index (κ1) is 8.70. The Kier molecular flexibility index (Phi) is 3.97. The largest absolute Gasteiger partial charge is 0.427 e. The van der Waals surface area contributed by atoms with Crippen molar-refractivity contribution in [1.29, 1.82) is 5.26 Å². The fourth-order valence-corrected chi connectivity index (χ4v) is 0.403. The zero-order valence-electron chi connectivity index (χ0n) is 5.89. The van der Waals surface area contributed by atoms with Crippen LogP contribution in [0.15, 0.2) is 12.2 Å². The van der Waals surface area contributed by atoms with Crippen LogP contribution in [0.4, 0.5) is 0 Å². The number of hydrogen-bond acceptors (Lipinski definition) is 3. The molecule has 0 N–H and O–H groups in total. The van der Waals surface area contributed by atoms with Gasteiger partial charge in [0.2, 0.25) is 0 Å². The lowest BCUT2D eigenvalue weighted by Gasteiger charge is -1.95. The van der Waals surface area contributed by atoms with Crippen molar-refractivity contribution in [3.63, 3.8) is 0 Å². The molecule has 0 heterocycles. The number of ketones is 1. The van der Waals surface area contributed by atoms with E-state index in [1.165, 1.54) is 6.26 Å². The number of carbonyl (C=O) groups excluding carboxylic acids is 1. The highest BCUT2D eigenvalue weighted by molar-refractivity contribution is 5.94. The summed E-state index contributed by atoms with van der Waals surface area (Å²) in [6.07, 6.45) is 1.72. The molecule has 54 valence electrons. The lowest BCUT2D eigenvalue weighted by molar-refractivity contribution is -0.116. The van der Waals surface area contributed by atoms with Gasteiger partial charge >= 0.3 is 0 Å². The van der Waals surface area contributed by atoms with Crippen molar-refractivity contribution in [2.24, 2.45) is 0 Å². The maximum Gasteiger partial charge on any atom is 0.286 e. The first-order chi connectivity index (χ1) is 4.68. The van der Waals surface area contributed by atoms with Crippen molar-refractivity contribution < 1.29 is 9.53 Å². The number of nitriles is 1. The van der Waals surface area contributed by atoms with Gasteiger partial charge in [0.05, 0.1) is 0 Å². The van der Waals surface area contributed by atoms with Crippen LogP contribution in [0.5, 0.6) is 0 Å². The lowest BCUT2D eigenvalue weighted by atomic mass is 10.2. The van der Waals surface area contributed by atoms with Crippen molar-refractivity contribution in [3.8, 4) is 6.26 Å². The highest BCUT2D eigenvalue weighted by Crippen LogP contribution is 1.94. The average Bonchev–Trinajstić information content (AvgIpc) is 1.88. The van der Waals surface area contributed by atoms with E-state index in [1.807, 2.05) is 0 Å². The van der Waals surface area contributed by atoms with Gasteiger partial charge in [-0.3, -0.25) is 4.79 Å². The predicted molar refractivity (Wildman–Crippen MR) is 36.0 cm³/mol. The van der Waals surface area contributed by atoms with Crippen LogP contribution in [0.2, 0.25) is 0 Å². The molecule has 0 aliphatic carbocycles. The van der Waals surface area contributed by atoms with Crippen molar-refractivity contribution in [2.45, 2.75) is 13.3 Å². The molecule has 0 aromatic heterocycles. The Morgan fingerprint density at radius 3 is 2.80 bits per heavy atom. The van der Waals surface area contributed by atoms with Gasteiger partial charge < -0.3 is 4.74 Å². The normalized spacial score (nSPS) is 8.00. The topological polar surface area (TPSA) is 50.1 Å². The molecule has 0 spiro atoms. The third kappa shape index (κ3) is 3.67. The van der Waals surface area contributed by atoms with E-state index < -0.39 is 0 Å². The summed E-state index contributed by atoms with van der Waals surface area (Å²) in [4.78, 5) is 10.7. The highest BCUT2D eigenvalue weighted by atomic mass is 16.5. The summed E-state index contributed by atoms with van der Waals surface area (Å²) in [6, 6.07) is 0. The van der Waals surface area contributed by atoms with Crippen LogP contribution in [-0.2, 0) is 9.53 Å². The third-order valence-corrected chi connectivity index (χ3v) is 0.972. The van der Waals surface area contributed by atoms with E-state index in [2.05, 4.69) is 11.3 Å². The maximum absolute atomic E-state index is 10.7. The molecule has 0 aliphatic rings. The van der Waals surface area contributed by atoms with E-state index >= 15 is 0 Å². The van der Waals surface area contributed by atoms with E-state index in [4.69, 9.17) is 5.26 Å². The summed E-state index contributed by atoms with van der Waals surface area (Å²) in [5, 5.41) is 7.91. The first-order valence-corrected chi connectivity index (χ1v) is 2.88. The Morgan fingerprint density at radius 1 is 1.80 bits per heavy atom. The van der Waals surface area contributed by atoms with Gasteiger partial charge in [0.1, 0.15) is 6.61 Å². The molecule has 0 aromatic rings. The van der Waals surface area contributed by atoms with Crippen LogP contribution in [0, 0.1) is 11.5 Å². The van der Waals surface area contributed by atoms with E-state index in [1.54, 1.807) is 6.92 Å². The Hall–Kier alpha value is -1.30. The Labute approximate surface area is 59.9 Å². The summed E-state index contributed by atoms with van der Waals surface area (Å²) in [5.74, 6) is -0.0600. The van der Waals surface area contributed by atoms with Gasteiger partial charge in [-0.15, -0.1) is 0 Å². The van der Waals surface area contributed by atoms with Gasteiger partial charge in [-0.2, -0.15) is 5.26 Å². The molecule has 0 bridgehead atoms. The number of hydrogen-bond donors (Lipinski definition) is 0. The number of ether oxygens (including phenoxy) is 1. The van der Waals surface area contributed by atoms with E-state index in [9.17, 15) is 4.79 Å². The molecule has 0 saturated carbocycles. The van der Waals surface area contributed by atoms with Gasteiger partial charge in [0.25, 0.3) is 6.26 Å². The molecule has 0 unspecified atom stereocenters. The van der Waals surface area contributed by atoms with Gasteiger partial charge in [0, 0.05) is 6.42 Å². The average molecular weight is 139 g/mol. The summed E-state index contributed by atoms with van der Waals surface area (Å²) in [7, 11) is 0. The van der Waals surface area contributed by atoms with Crippen LogP contribution in [0.25, 0.3) is 0 Å². The standard InChI is InChI=1S/C7H9NO2/c1-6(2)7(9)3-4-10-5-8/h1,3-4H2,2H3. The van der Waals surface area contributed by atoms with Gasteiger partial charge in [0.15, 0.2) is 5.78 Å². The monoisotopic (exact) mass is 139 g/mol. The summed E-state index contributed by atoms with van der Waals surface area (Å²) in [5.41, 5.74) is 0.501. The van der Waals surface area contributed by atoms with E-state index in [0.717, 1.165) is 0 Å². The molecule has 3 nitrogen and oxygen atoms in total. The zero-order valence-corrected chi connectivity index (χ0v) is 5.89. The second kappa shape index (κ2) is 4.57. The van der Waals surface area contributed by atoms with Crippen molar-refractivity contribution in [2.75, 3.05) is 6.61 Å². The lowest BCUT2D eigenvalue weighted by Crippen LogP contribution is -2.02. The Bertz CT molecular complexity index is 179. The molecule has 0 aromatic carbocycles.